The van der Waals surface area contributed by atoms with Gasteiger partial charge in [0.1, 0.15) is 19.0 Å². The number of aliphatic hydroxyl groups excluding tert-OH is 1. The number of carbonyl (C=O) groups is 2. The Morgan fingerprint density at radius 1 is 1.06 bits per heavy atom. The number of amides is 1. The molecular weight excluding hydrogens is 544 g/mol. The number of Topliss-reactive ketones (excluding diaryl/α,β-unsaturated/α-hetero) is 1. The van der Waals surface area contributed by atoms with Gasteiger partial charge in [0.25, 0.3) is 5.78 Å². The number of carbonyl (C=O) groups excluding carboxylic acids is 2. The summed E-state index contributed by atoms with van der Waals surface area (Å²) in [6.07, 6.45) is 0. The van der Waals surface area contributed by atoms with Gasteiger partial charge in [-0.1, -0.05) is 45.5 Å². The lowest BCUT2D eigenvalue weighted by Gasteiger charge is -2.23. The molecule has 4 aromatic rings. The number of aryl methyl sites for hydroxylation is 1. The molecule has 1 fully saturated rings. The van der Waals surface area contributed by atoms with Crippen LogP contribution in [0.3, 0.4) is 0 Å². The van der Waals surface area contributed by atoms with Gasteiger partial charge in [0, 0.05) is 10.0 Å². The molecule has 2 aliphatic rings. The number of benzene rings is 3. The molecule has 1 unspecified atom stereocenters. The van der Waals surface area contributed by atoms with Crippen molar-refractivity contribution in [1.82, 2.24) is 4.98 Å². The van der Waals surface area contributed by atoms with Crippen molar-refractivity contribution in [2.75, 3.05) is 18.1 Å². The van der Waals surface area contributed by atoms with Gasteiger partial charge < -0.3 is 14.6 Å². The van der Waals surface area contributed by atoms with Crippen LogP contribution in [0.1, 0.15) is 22.7 Å². The van der Waals surface area contributed by atoms with Gasteiger partial charge in [0.2, 0.25) is 0 Å². The van der Waals surface area contributed by atoms with Crippen LogP contribution in [0, 0.1) is 6.92 Å². The topological polar surface area (TPSA) is 89.0 Å². The van der Waals surface area contributed by atoms with Crippen molar-refractivity contribution < 1.29 is 24.2 Å². The lowest BCUT2D eigenvalue weighted by atomic mass is 9.95. The summed E-state index contributed by atoms with van der Waals surface area (Å²) in [4.78, 5) is 32.9. The minimum Gasteiger partial charge on any atom is -0.507 e. The number of hydrogen-bond acceptors (Lipinski definition) is 7. The summed E-state index contributed by atoms with van der Waals surface area (Å²) < 4.78 is 12.9. The molecule has 0 radical (unpaired) electrons. The fraction of sp³-hybridized carbons (Fsp3) is 0.148. The highest BCUT2D eigenvalue weighted by atomic mass is 79.9. The summed E-state index contributed by atoms with van der Waals surface area (Å²) in [5.41, 5.74) is 2.82. The van der Waals surface area contributed by atoms with Crippen LogP contribution >= 0.6 is 27.3 Å². The van der Waals surface area contributed by atoms with E-state index in [1.165, 1.54) is 16.2 Å². The number of nitrogens with zero attached hydrogens (tertiary/aromatic N) is 2. The first kappa shape index (κ1) is 22.8. The van der Waals surface area contributed by atoms with Crippen LogP contribution in [0.4, 0.5) is 5.13 Å². The highest BCUT2D eigenvalue weighted by Crippen LogP contribution is 2.45. The number of aromatic nitrogens is 1. The Hall–Kier alpha value is -3.69. The first-order valence-corrected chi connectivity index (χ1v) is 12.9. The number of ether oxygens (including phenoxy) is 2. The fourth-order valence-corrected chi connectivity index (χ4v) is 6.00. The summed E-state index contributed by atoms with van der Waals surface area (Å²) >= 11 is 4.82. The normalized spacial score (nSPS) is 18.7. The molecular formula is C27H19BrN2O5S. The average Bonchev–Trinajstić information content (AvgIpc) is 3.41. The van der Waals surface area contributed by atoms with E-state index in [2.05, 4.69) is 20.9 Å². The van der Waals surface area contributed by atoms with Crippen LogP contribution in [0.25, 0.3) is 16.0 Å². The van der Waals surface area contributed by atoms with Crippen LogP contribution < -0.4 is 14.4 Å². The largest absolute Gasteiger partial charge is 0.507 e. The van der Waals surface area contributed by atoms with E-state index < -0.39 is 17.7 Å². The SMILES string of the molecule is Cc1ccc2nc(N3C(=O)C(=O)C(=C(O)c4ccc5c(c4)OCCO5)C3c3cccc(Br)c3)sc2c1. The van der Waals surface area contributed by atoms with Gasteiger partial charge in [-0.3, -0.25) is 14.5 Å². The van der Waals surface area contributed by atoms with Crippen LogP contribution in [0.15, 0.2) is 70.7 Å². The van der Waals surface area contributed by atoms with Crippen molar-refractivity contribution in [3.8, 4) is 11.5 Å². The van der Waals surface area contributed by atoms with Gasteiger partial charge in [-0.2, -0.15) is 0 Å². The molecule has 180 valence electrons. The molecule has 6 rings (SSSR count). The maximum atomic E-state index is 13.4. The van der Waals surface area contributed by atoms with Crippen LogP contribution in [-0.2, 0) is 9.59 Å². The molecule has 7 nitrogen and oxygen atoms in total. The van der Waals surface area contributed by atoms with Gasteiger partial charge >= 0.3 is 5.91 Å². The predicted octanol–water partition coefficient (Wildman–Crippen LogP) is 5.76. The Kier molecular flexibility index (Phi) is 5.54. The van der Waals surface area contributed by atoms with E-state index in [1.807, 2.05) is 49.4 Å². The Morgan fingerprint density at radius 3 is 2.67 bits per heavy atom. The zero-order chi connectivity index (χ0) is 25.0. The maximum absolute atomic E-state index is 13.4. The minimum absolute atomic E-state index is 0.00906. The van der Waals surface area contributed by atoms with E-state index in [-0.39, 0.29) is 11.3 Å². The Morgan fingerprint density at radius 2 is 1.86 bits per heavy atom. The van der Waals surface area contributed by atoms with Crippen molar-refractivity contribution in [2.24, 2.45) is 0 Å². The molecule has 0 spiro atoms. The van der Waals surface area contributed by atoms with E-state index in [0.29, 0.717) is 41.0 Å². The zero-order valence-electron chi connectivity index (χ0n) is 19.0. The second kappa shape index (κ2) is 8.76. The van der Waals surface area contributed by atoms with E-state index >= 15 is 0 Å². The molecule has 1 saturated heterocycles. The molecule has 1 aromatic heterocycles. The number of hydrogen-bond donors (Lipinski definition) is 1. The number of aliphatic hydroxyl groups is 1. The summed E-state index contributed by atoms with van der Waals surface area (Å²) in [7, 11) is 0. The lowest BCUT2D eigenvalue weighted by molar-refractivity contribution is -0.132. The molecule has 0 aliphatic carbocycles. The molecule has 1 atom stereocenters. The van der Waals surface area contributed by atoms with E-state index in [0.717, 1.165) is 20.3 Å². The minimum atomic E-state index is -0.864. The summed E-state index contributed by atoms with van der Waals surface area (Å²) in [5, 5.41) is 11.8. The predicted molar refractivity (Wildman–Crippen MR) is 141 cm³/mol. The second-order valence-corrected chi connectivity index (χ2v) is 10.5. The van der Waals surface area contributed by atoms with E-state index in [4.69, 9.17) is 9.47 Å². The smallest absolute Gasteiger partial charge is 0.301 e. The van der Waals surface area contributed by atoms with Gasteiger partial charge in [-0.15, -0.1) is 0 Å². The lowest BCUT2D eigenvalue weighted by Crippen LogP contribution is -2.29. The van der Waals surface area contributed by atoms with Crippen LogP contribution in [-0.4, -0.2) is 35.0 Å². The van der Waals surface area contributed by atoms with Crippen molar-refractivity contribution in [2.45, 2.75) is 13.0 Å². The molecule has 0 saturated carbocycles. The molecule has 3 heterocycles. The number of halogens is 1. The fourth-order valence-electron chi connectivity index (χ4n) is 4.49. The zero-order valence-corrected chi connectivity index (χ0v) is 21.4. The highest BCUT2D eigenvalue weighted by molar-refractivity contribution is 9.10. The average molecular weight is 563 g/mol. The van der Waals surface area contributed by atoms with Crippen molar-refractivity contribution in [3.63, 3.8) is 0 Å². The number of fused-ring (bicyclic) bond motifs is 2. The Balaban J connectivity index is 1.54. The molecule has 2 aliphatic heterocycles. The first-order chi connectivity index (χ1) is 17.4. The molecule has 0 bridgehead atoms. The molecule has 1 amide bonds. The van der Waals surface area contributed by atoms with Gasteiger partial charge in [-0.25, -0.2) is 4.98 Å². The number of anilines is 1. The third-order valence-electron chi connectivity index (χ3n) is 6.16. The summed E-state index contributed by atoms with van der Waals surface area (Å²) in [5.74, 6) is -0.765. The Bertz CT molecular complexity index is 1590. The first-order valence-electron chi connectivity index (χ1n) is 11.2. The molecule has 36 heavy (non-hydrogen) atoms. The van der Waals surface area contributed by atoms with Crippen LogP contribution in [0.2, 0.25) is 0 Å². The summed E-state index contributed by atoms with van der Waals surface area (Å²) in [6.45, 7) is 2.81. The van der Waals surface area contributed by atoms with Crippen molar-refractivity contribution in [1.29, 1.82) is 0 Å². The van der Waals surface area contributed by atoms with Gasteiger partial charge in [0.05, 0.1) is 21.8 Å². The number of ketones is 1. The van der Waals surface area contributed by atoms with E-state index in [1.54, 1.807) is 18.2 Å². The monoisotopic (exact) mass is 562 g/mol. The molecule has 9 heteroatoms. The van der Waals surface area contributed by atoms with Crippen molar-refractivity contribution in [3.05, 3.63) is 87.4 Å². The standard InChI is InChI=1S/C27H19BrN2O5S/c1-14-5-7-18-21(11-14)36-27(29-18)30-23(15-3-2-4-17(28)12-15)22(25(32)26(30)33)24(31)16-6-8-19-20(13-16)35-10-9-34-19/h2-8,11-13,23,31H,9-10H2,1H3. The van der Waals surface area contributed by atoms with Gasteiger partial charge in [-0.05, 0) is 60.5 Å². The van der Waals surface area contributed by atoms with E-state index in [9.17, 15) is 14.7 Å². The third-order valence-corrected chi connectivity index (χ3v) is 7.67. The highest BCUT2D eigenvalue weighted by Gasteiger charge is 2.48. The number of thiazole rings is 1. The third kappa shape index (κ3) is 3.75. The molecule has 3 aromatic carbocycles. The molecule has 1 N–H and O–H groups in total. The second-order valence-electron chi connectivity index (χ2n) is 8.55. The maximum Gasteiger partial charge on any atom is 0.301 e. The van der Waals surface area contributed by atoms with Gasteiger partial charge in [0.15, 0.2) is 16.6 Å². The van der Waals surface area contributed by atoms with Crippen molar-refractivity contribution >= 4 is 60.1 Å². The summed E-state index contributed by atoms with van der Waals surface area (Å²) in [6, 6.07) is 17.3. The quantitative estimate of drug-likeness (QED) is 0.194. The van der Waals surface area contributed by atoms with Crippen LogP contribution in [0.5, 0.6) is 11.5 Å². The Labute approximate surface area is 218 Å². The number of rotatable bonds is 3.